The number of ether oxygens (including phenoxy) is 1. The van der Waals surface area contributed by atoms with Gasteiger partial charge in [-0.2, -0.15) is 0 Å². The predicted molar refractivity (Wildman–Crippen MR) is 144 cm³/mol. The van der Waals surface area contributed by atoms with Crippen LogP contribution in [0.25, 0.3) is 0 Å². The molecule has 2 nitrogen and oxygen atoms in total. The van der Waals surface area contributed by atoms with Gasteiger partial charge in [0.15, 0.2) is 0 Å². The lowest BCUT2D eigenvalue weighted by Crippen LogP contribution is -2.13. The summed E-state index contributed by atoms with van der Waals surface area (Å²) in [4.78, 5) is 12.6. The van der Waals surface area contributed by atoms with Crippen molar-refractivity contribution in [1.82, 2.24) is 0 Å². The number of carbonyl (C=O) groups is 1. The van der Waals surface area contributed by atoms with Crippen molar-refractivity contribution in [1.29, 1.82) is 0 Å². The van der Waals surface area contributed by atoms with Gasteiger partial charge in [0.1, 0.15) is 5.75 Å². The maximum atomic E-state index is 12.6. The summed E-state index contributed by atoms with van der Waals surface area (Å²) in [7, 11) is 0. The van der Waals surface area contributed by atoms with Crippen LogP contribution in [-0.2, 0) is 6.42 Å². The molecule has 1 saturated carbocycles. The Hall–Kier alpha value is -2.09. The van der Waals surface area contributed by atoms with Gasteiger partial charge in [0, 0.05) is 0 Å². The van der Waals surface area contributed by atoms with Crippen LogP contribution in [-0.4, -0.2) is 5.97 Å². The number of benzene rings is 2. The molecule has 0 atom stereocenters. The van der Waals surface area contributed by atoms with E-state index in [0.717, 1.165) is 12.3 Å². The topological polar surface area (TPSA) is 26.3 Å². The van der Waals surface area contributed by atoms with Crippen LogP contribution in [0.15, 0.2) is 48.5 Å². The van der Waals surface area contributed by atoms with Gasteiger partial charge in [-0.15, -0.1) is 0 Å². The van der Waals surface area contributed by atoms with Gasteiger partial charge in [0.25, 0.3) is 0 Å². The number of esters is 1. The second-order valence-corrected chi connectivity index (χ2v) is 10.4. The Morgan fingerprint density at radius 3 is 2.00 bits per heavy atom. The lowest BCUT2D eigenvalue weighted by atomic mass is 9.77. The highest BCUT2D eigenvalue weighted by Crippen LogP contribution is 2.38. The van der Waals surface area contributed by atoms with E-state index < -0.39 is 0 Å². The predicted octanol–water partition coefficient (Wildman–Crippen LogP) is 9.66. The molecule has 34 heavy (non-hydrogen) atoms. The standard InChI is InChI=1S/C32H46O2/c1-3-5-7-9-11-13-26-14-18-28(19-15-26)29-22-24-31(25-23-29)34-32(33)30-20-16-27(17-21-30)12-10-8-6-4-2/h16-17,20-26,28H,3-15,18-19H2,1-2H3. The van der Waals surface area contributed by atoms with Gasteiger partial charge in [-0.3, -0.25) is 0 Å². The number of rotatable bonds is 14. The Labute approximate surface area is 208 Å². The van der Waals surface area contributed by atoms with Gasteiger partial charge >= 0.3 is 5.97 Å². The van der Waals surface area contributed by atoms with Gasteiger partial charge in [0.05, 0.1) is 5.56 Å². The first kappa shape index (κ1) is 26.5. The van der Waals surface area contributed by atoms with Crippen molar-refractivity contribution in [2.75, 3.05) is 0 Å². The fourth-order valence-corrected chi connectivity index (χ4v) is 5.36. The van der Waals surface area contributed by atoms with Crippen molar-refractivity contribution in [3.05, 3.63) is 65.2 Å². The summed E-state index contributed by atoms with van der Waals surface area (Å²) >= 11 is 0. The third-order valence-electron chi connectivity index (χ3n) is 7.63. The van der Waals surface area contributed by atoms with E-state index in [-0.39, 0.29) is 5.97 Å². The lowest BCUT2D eigenvalue weighted by Gasteiger charge is -2.29. The smallest absolute Gasteiger partial charge is 0.343 e. The second kappa shape index (κ2) is 15.0. The van der Waals surface area contributed by atoms with Crippen LogP contribution in [0.2, 0.25) is 0 Å². The van der Waals surface area contributed by atoms with Crippen LogP contribution in [0.5, 0.6) is 5.75 Å². The Balaban J connectivity index is 1.40. The van der Waals surface area contributed by atoms with Crippen molar-refractivity contribution in [2.45, 2.75) is 116 Å². The number of unbranched alkanes of at least 4 members (excludes halogenated alkanes) is 7. The number of hydrogen-bond donors (Lipinski definition) is 0. The molecule has 3 rings (SSSR count). The quantitative estimate of drug-likeness (QED) is 0.159. The van der Waals surface area contributed by atoms with Crippen molar-refractivity contribution in [2.24, 2.45) is 5.92 Å². The summed E-state index contributed by atoms with van der Waals surface area (Å²) in [5.74, 6) is 1.95. The van der Waals surface area contributed by atoms with E-state index in [1.807, 2.05) is 24.3 Å². The molecule has 0 aliphatic heterocycles. The molecule has 0 heterocycles. The Kier molecular flexibility index (Phi) is 11.7. The van der Waals surface area contributed by atoms with Gasteiger partial charge < -0.3 is 4.74 Å². The van der Waals surface area contributed by atoms with E-state index in [9.17, 15) is 4.79 Å². The zero-order chi connectivity index (χ0) is 24.0. The first-order chi connectivity index (χ1) is 16.7. The van der Waals surface area contributed by atoms with Crippen molar-refractivity contribution in [3.63, 3.8) is 0 Å². The minimum absolute atomic E-state index is 0.273. The molecule has 2 aromatic carbocycles. The van der Waals surface area contributed by atoms with E-state index in [0.29, 0.717) is 17.2 Å². The third kappa shape index (κ3) is 8.93. The molecule has 1 aliphatic carbocycles. The molecule has 0 radical (unpaired) electrons. The van der Waals surface area contributed by atoms with Gasteiger partial charge in [0.2, 0.25) is 0 Å². The van der Waals surface area contributed by atoms with Crippen LogP contribution in [0.1, 0.15) is 131 Å². The third-order valence-corrected chi connectivity index (χ3v) is 7.63. The van der Waals surface area contributed by atoms with Crippen LogP contribution in [0.3, 0.4) is 0 Å². The van der Waals surface area contributed by atoms with Crippen molar-refractivity contribution < 1.29 is 9.53 Å². The molecule has 186 valence electrons. The molecule has 2 aromatic rings. The lowest BCUT2D eigenvalue weighted by molar-refractivity contribution is 0.0734. The molecule has 0 amide bonds. The molecule has 0 unspecified atom stereocenters. The highest BCUT2D eigenvalue weighted by molar-refractivity contribution is 5.91. The molecule has 1 aliphatic rings. The Morgan fingerprint density at radius 2 is 1.35 bits per heavy atom. The normalized spacial score (nSPS) is 18.1. The molecular formula is C32H46O2. The summed E-state index contributed by atoms with van der Waals surface area (Å²) in [6.45, 7) is 4.52. The highest BCUT2D eigenvalue weighted by Gasteiger charge is 2.22. The monoisotopic (exact) mass is 462 g/mol. The first-order valence-electron chi connectivity index (χ1n) is 14.1. The van der Waals surface area contributed by atoms with E-state index in [1.165, 1.54) is 101 Å². The van der Waals surface area contributed by atoms with Gasteiger partial charge in [-0.05, 0) is 85.8 Å². The minimum atomic E-state index is -0.273. The Bertz CT molecular complexity index is 813. The number of aryl methyl sites for hydroxylation is 1. The van der Waals surface area contributed by atoms with E-state index in [2.05, 4.69) is 38.1 Å². The summed E-state index contributed by atoms with van der Waals surface area (Å²) in [5, 5.41) is 0. The average Bonchev–Trinajstić information content (AvgIpc) is 2.88. The zero-order valence-electron chi connectivity index (χ0n) is 21.7. The van der Waals surface area contributed by atoms with Gasteiger partial charge in [-0.1, -0.05) is 95.9 Å². The fourth-order valence-electron chi connectivity index (χ4n) is 5.36. The molecule has 0 saturated heterocycles. The van der Waals surface area contributed by atoms with Crippen LogP contribution in [0, 0.1) is 5.92 Å². The molecule has 0 aromatic heterocycles. The van der Waals surface area contributed by atoms with Crippen LogP contribution < -0.4 is 4.74 Å². The summed E-state index contributed by atoms with van der Waals surface area (Å²) in [6.07, 6.45) is 19.8. The number of hydrogen-bond acceptors (Lipinski definition) is 2. The maximum Gasteiger partial charge on any atom is 0.343 e. The second-order valence-electron chi connectivity index (χ2n) is 10.4. The Morgan fingerprint density at radius 1 is 0.735 bits per heavy atom. The average molecular weight is 463 g/mol. The number of carbonyl (C=O) groups excluding carboxylic acids is 1. The zero-order valence-corrected chi connectivity index (χ0v) is 21.7. The molecule has 1 fully saturated rings. The highest BCUT2D eigenvalue weighted by atomic mass is 16.5. The summed E-state index contributed by atoms with van der Waals surface area (Å²) < 4.78 is 5.65. The molecular weight excluding hydrogens is 416 g/mol. The minimum Gasteiger partial charge on any atom is -0.423 e. The molecule has 0 spiro atoms. The first-order valence-corrected chi connectivity index (χ1v) is 14.1. The van der Waals surface area contributed by atoms with Crippen molar-refractivity contribution >= 4 is 5.97 Å². The molecule has 2 heteroatoms. The fraction of sp³-hybridized carbons (Fsp3) is 0.594. The van der Waals surface area contributed by atoms with Crippen LogP contribution in [0.4, 0.5) is 0 Å². The summed E-state index contributed by atoms with van der Waals surface area (Å²) in [6, 6.07) is 16.2. The largest absolute Gasteiger partial charge is 0.423 e. The SMILES string of the molecule is CCCCCCCC1CCC(c2ccc(OC(=O)c3ccc(CCCCCC)cc3)cc2)CC1. The van der Waals surface area contributed by atoms with Gasteiger partial charge in [-0.25, -0.2) is 4.79 Å². The van der Waals surface area contributed by atoms with E-state index in [4.69, 9.17) is 4.74 Å². The molecule has 0 N–H and O–H groups in total. The van der Waals surface area contributed by atoms with E-state index >= 15 is 0 Å². The molecule has 0 bridgehead atoms. The van der Waals surface area contributed by atoms with Crippen LogP contribution >= 0.6 is 0 Å². The van der Waals surface area contributed by atoms with E-state index in [1.54, 1.807) is 0 Å². The maximum absolute atomic E-state index is 12.6. The van der Waals surface area contributed by atoms with Crippen molar-refractivity contribution in [3.8, 4) is 5.75 Å². The summed E-state index contributed by atoms with van der Waals surface area (Å²) in [5.41, 5.74) is 3.31.